The number of rotatable bonds is 8. The van der Waals surface area contributed by atoms with Crippen molar-refractivity contribution >= 4 is 28.8 Å². The van der Waals surface area contributed by atoms with Gasteiger partial charge in [-0.1, -0.05) is 50.2 Å². The number of para-hydroxylation sites is 2. The number of anilines is 2. The Hall–Kier alpha value is -3.93. The molecule has 3 aromatic carbocycles. The van der Waals surface area contributed by atoms with Crippen LogP contribution >= 0.6 is 0 Å². The van der Waals surface area contributed by atoms with E-state index in [0.29, 0.717) is 29.3 Å². The number of halogens is 1. The molecule has 1 aliphatic heterocycles. The first-order valence-corrected chi connectivity index (χ1v) is 11.0. The monoisotopic (exact) mass is 444 g/mol. The fourth-order valence-electron chi connectivity index (χ4n) is 3.69. The zero-order valence-electron chi connectivity index (χ0n) is 18.6. The van der Waals surface area contributed by atoms with E-state index in [1.165, 1.54) is 24.3 Å². The Balaban J connectivity index is 1.78. The minimum Gasteiger partial charge on any atom is -0.491 e. The van der Waals surface area contributed by atoms with Gasteiger partial charge in [-0.15, -0.1) is 0 Å². The summed E-state index contributed by atoms with van der Waals surface area (Å²) in [4.78, 5) is 28.3. The molecule has 0 aromatic heterocycles. The zero-order valence-corrected chi connectivity index (χ0v) is 18.6. The molecule has 5 nitrogen and oxygen atoms in total. The molecule has 0 radical (unpaired) electrons. The standard InChI is InChI=1S/C27H25FN2O3/c1-3-17-33-23-8-6-5-7-22(23)30-26(31)24(19-11-13-20(28)14-12-19)25(27(30)32)29-21-15-9-18(4-2)10-16-21/h5-16,29H,3-4,17H2,1-2H3. The molecule has 1 heterocycles. The predicted molar refractivity (Wildman–Crippen MR) is 127 cm³/mol. The van der Waals surface area contributed by atoms with Gasteiger partial charge in [-0.25, -0.2) is 9.29 Å². The number of ether oxygens (including phenoxy) is 1. The topological polar surface area (TPSA) is 58.6 Å². The minimum absolute atomic E-state index is 0.140. The average Bonchev–Trinajstić information content (AvgIpc) is 3.08. The summed E-state index contributed by atoms with van der Waals surface area (Å²) >= 11 is 0. The second kappa shape index (κ2) is 9.69. The number of amides is 2. The average molecular weight is 445 g/mol. The van der Waals surface area contributed by atoms with E-state index in [0.717, 1.165) is 23.3 Å². The maximum absolute atomic E-state index is 13.6. The number of nitrogens with zero attached hydrogens (tertiary/aromatic N) is 1. The van der Waals surface area contributed by atoms with Crippen molar-refractivity contribution in [3.05, 3.63) is 95.4 Å². The van der Waals surface area contributed by atoms with Crippen LogP contribution in [0.5, 0.6) is 5.75 Å². The molecule has 0 bridgehead atoms. The summed E-state index contributed by atoms with van der Waals surface area (Å²) in [6.45, 7) is 4.50. The molecule has 0 saturated heterocycles. The molecule has 0 aliphatic carbocycles. The predicted octanol–water partition coefficient (Wildman–Crippen LogP) is 5.57. The molecule has 2 amide bonds. The van der Waals surface area contributed by atoms with Gasteiger partial charge in [0.1, 0.15) is 17.3 Å². The van der Waals surface area contributed by atoms with E-state index in [-0.39, 0.29) is 11.3 Å². The molecular weight excluding hydrogens is 419 g/mol. The van der Waals surface area contributed by atoms with Gasteiger partial charge in [0, 0.05) is 5.69 Å². The van der Waals surface area contributed by atoms with E-state index in [1.807, 2.05) is 31.2 Å². The summed E-state index contributed by atoms with van der Waals surface area (Å²) in [5.41, 5.74) is 2.99. The van der Waals surface area contributed by atoms with Crippen LogP contribution in [-0.4, -0.2) is 18.4 Å². The number of hydrogen-bond acceptors (Lipinski definition) is 4. The van der Waals surface area contributed by atoms with Crippen molar-refractivity contribution in [3.63, 3.8) is 0 Å². The lowest BCUT2D eigenvalue weighted by molar-refractivity contribution is -0.120. The molecular formula is C27H25FN2O3. The van der Waals surface area contributed by atoms with Crippen molar-refractivity contribution in [2.24, 2.45) is 0 Å². The maximum Gasteiger partial charge on any atom is 0.282 e. The van der Waals surface area contributed by atoms with Crippen LogP contribution in [0.1, 0.15) is 31.4 Å². The highest BCUT2D eigenvalue weighted by Crippen LogP contribution is 2.38. The van der Waals surface area contributed by atoms with Gasteiger partial charge in [-0.3, -0.25) is 9.59 Å². The smallest absolute Gasteiger partial charge is 0.282 e. The SMILES string of the molecule is CCCOc1ccccc1N1C(=O)C(Nc2ccc(CC)cc2)=C(c2ccc(F)cc2)C1=O. The molecule has 1 aliphatic rings. The molecule has 0 spiro atoms. The van der Waals surface area contributed by atoms with E-state index < -0.39 is 17.6 Å². The Morgan fingerprint density at radius 1 is 0.879 bits per heavy atom. The molecule has 168 valence electrons. The van der Waals surface area contributed by atoms with Gasteiger partial charge in [-0.05, 0) is 60.4 Å². The first-order chi connectivity index (χ1) is 16.0. The van der Waals surface area contributed by atoms with Gasteiger partial charge in [-0.2, -0.15) is 0 Å². The summed E-state index contributed by atoms with van der Waals surface area (Å²) in [6, 6.07) is 20.2. The first-order valence-electron chi connectivity index (χ1n) is 11.0. The van der Waals surface area contributed by atoms with Crippen LogP contribution in [-0.2, 0) is 16.0 Å². The Labute approximate surface area is 192 Å². The van der Waals surface area contributed by atoms with Gasteiger partial charge in [0.2, 0.25) is 0 Å². The number of carbonyl (C=O) groups excluding carboxylic acids is 2. The normalized spacial score (nSPS) is 13.6. The molecule has 6 heteroatoms. The summed E-state index contributed by atoms with van der Waals surface area (Å²) in [5, 5.41) is 3.13. The highest BCUT2D eigenvalue weighted by atomic mass is 19.1. The van der Waals surface area contributed by atoms with Crippen molar-refractivity contribution in [3.8, 4) is 5.75 Å². The molecule has 1 N–H and O–H groups in total. The zero-order chi connectivity index (χ0) is 23.4. The number of benzene rings is 3. The van der Waals surface area contributed by atoms with Crippen LogP contribution in [0.4, 0.5) is 15.8 Å². The summed E-state index contributed by atoms with van der Waals surface area (Å²) in [7, 11) is 0. The minimum atomic E-state index is -0.494. The Morgan fingerprint density at radius 2 is 1.58 bits per heavy atom. The van der Waals surface area contributed by atoms with Crippen molar-refractivity contribution < 1.29 is 18.7 Å². The lowest BCUT2D eigenvalue weighted by Gasteiger charge is -2.19. The van der Waals surface area contributed by atoms with Crippen molar-refractivity contribution in [2.45, 2.75) is 26.7 Å². The third-order valence-electron chi connectivity index (χ3n) is 5.42. The Kier molecular flexibility index (Phi) is 6.54. The third-order valence-corrected chi connectivity index (χ3v) is 5.42. The van der Waals surface area contributed by atoms with Crippen LogP contribution in [0.3, 0.4) is 0 Å². The fourth-order valence-corrected chi connectivity index (χ4v) is 3.69. The molecule has 0 unspecified atom stereocenters. The van der Waals surface area contributed by atoms with Gasteiger partial charge < -0.3 is 10.1 Å². The summed E-state index contributed by atoms with van der Waals surface area (Å²) < 4.78 is 19.4. The van der Waals surface area contributed by atoms with E-state index in [1.54, 1.807) is 24.3 Å². The largest absolute Gasteiger partial charge is 0.491 e. The number of imide groups is 1. The second-order valence-electron chi connectivity index (χ2n) is 7.69. The maximum atomic E-state index is 13.6. The molecule has 4 rings (SSSR count). The van der Waals surface area contributed by atoms with E-state index >= 15 is 0 Å². The van der Waals surface area contributed by atoms with Crippen molar-refractivity contribution in [2.75, 3.05) is 16.8 Å². The highest BCUT2D eigenvalue weighted by Gasteiger charge is 2.41. The van der Waals surface area contributed by atoms with Gasteiger partial charge in [0.25, 0.3) is 11.8 Å². The van der Waals surface area contributed by atoms with Crippen LogP contribution in [0, 0.1) is 5.82 Å². The van der Waals surface area contributed by atoms with Crippen LogP contribution in [0.15, 0.2) is 78.5 Å². The lowest BCUT2D eigenvalue weighted by atomic mass is 10.0. The quantitative estimate of drug-likeness (QED) is 0.461. The Bertz CT molecular complexity index is 1200. The number of nitrogens with one attached hydrogen (secondary N) is 1. The highest BCUT2D eigenvalue weighted by molar-refractivity contribution is 6.46. The van der Waals surface area contributed by atoms with Crippen molar-refractivity contribution in [1.29, 1.82) is 0 Å². The van der Waals surface area contributed by atoms with Crippen LogP contribution in [0.2, 0.25) is 0 Å². The van der Waals surface area contributed by atoms with Crippen LogP contribution < -0.4 is 15.0 Å². The number of hydrogen-bond donors (Lipinski definition) is 1. The molecule has 3 aromatic rings. The molecule has 0 saturated carbocycles. The van der Waals surface area contributed by atoms with E-state index in [4.69, 9.17) is 4.74 Å². The molecule has 0 fully saturated rings. The summed E-state index contributed by atoms with van der Waals surface area (Å²) in [6.07, 6.45) is 1.68. The van der Waals surface area contributed by atoms with Gasteiger partial charge in [0.05, 0.1) is 17.9 Å². The fraction of sp³-hybridized carbons (Fsp3) is 0.185. The lowest BCUT2D eigenvalue weighted by Crippen LogP contribution is -2.32. The van der Waals surface area contributed by atoms with Gasteiger partial charge in [0.15, 0.2) is 0 Å². The van der Waals surface area contributed by atoms with Crippen LogP contribution in [0.25, 0.3) is 5.57 Å². The molecule has 0 atom stereocenters. The summed E-state index contributed by atoms with van der Waals surface area (Å²) in [5.74, 6) is -0.956. The van der Waals surface area contributed by atoms with Gasteiger partial charge >= 0.3 is 0 Å². The molecule has 33 heavy (non-hydrogen) atoms. The third kappa shape index (κ3) is 4.51. The second-order valence-corrected chi connectivity index (χ2v) is 7.69. The van der Waals surface area contributed by atoms with E-state index in [2.05, 4.69) is 12.2 Å². The first kappa shape index (κ1) is 22.3. The van der Waals surface area contributed by atoms with Crippen molar-refractivity contribution in [1.82, 2.24) is 0 Å². The Morgan fingerprint density at radius 3 is 2.24 bits per heavy atom. The van der Waals surface area contributed by atoms with E-state index in [9.17, 15) is 14.0 Å². The number of aryl methyl sites for hydroxylation is 1. The number of carbonyl (C=O) groups is 2.